The van der Waals surface area contributed by atoms with Gasteiger partial charge in [0.15, 0.2) is 0 Å². The molecule has 2 aromatic carbocycles. The fourth-order valence-electron chi connectivity index (χ4n) is 3.29. The third-order valence-corrected chi connectivity index (χ3v) is 5.03. The topological polar surface area (TPSA) is 80.3 Å². The lowest BCUT2D eigenvalue weighted by atomic mass is 9.78. The second-order valence-corrected chi connectivity index (χ2v) is 9.42. The quantitative estimate of drug-likeness (QED) is 0.224. The number of benzene rings is 2. The predicted molar refractivity (Wildman–Crippen MR) is 130 cm³/mol. The molecule has 1 saturated heterocycles. The normalized spacial score (nSPS) is 13.9. The molecule has 0 N–H and O–H groups in total. The van der Waals surface area contributed by atoms with Gasteiger partial charge in [-0.3, -0.25) is 4.79 Å². The third kappa shape index (κ3) is 8.84. The Morgan fingerprint density at radius 2 is 1.50 bits per heavy atom. The van der Waals surface area contributed by atoms with Crippen molar-refractivity contribution in [1.82, 2.24) is 0 Å². The van der Waals surface area contributed by atoms with E-state index in [1.54, 1.807) is 36.4 Å². The van der Waals surface area contributed by atoms with Crippen LogP contribution in [0.5, 0.6) is 11.5 Å². The monoisotopic (exact) mass is 468 g/mol. The van der Waals surface area contributed by atoms with Gasteiger partial charge >= 0.3 is 19.1 Å². The van der Waals surface area contributed by atoms with Crippen LogP contribution in [0.1, 0.15) is 56.8 Å². The fourth-order valence-corrected chi connectivity index (χ4v) is 3.29. The molecule has 0 unspecified atom stereocenters. The number of ether oxygens (including phenoxy) is 3. The van der Waals surface area contributed by atoms with Gasteiger partial charge < -0.3 is 23.5 Å². The van der Waals surface area contributed by atoms with E-state index in [2.05, 4.69) is 0 Å². The number of carbonyl (C=O) groups is 2. The first-order chi connectivity index (χ1) is 16.3. The van der Waals surface area contributed by atoms with E-state index in [1.165, 1.54) is 0 Å². The van der Waals surface area contributed by atoms with Crippen LogP contribution in [0.2, 0.25) is 0 Å². The lowest BCUT2D eigenvalue weighted by Crippen LogP contribution is -2.40. The fraction of sp³-hybridized carbons (Fsp3) is 0.462. The summed E-state index contributed by atoms with van der Waals surface area (Å²) in [6.45, 7) is 8.27. The van der Waals surface area contributed by atoms with Crippen molar-refractivity contribution < 1.29 is 33.1 Å². The summed E-state index contributed by atoms with van der Waals surface area (Å²) in [5.41, 5.74) is 1.26. The molecule has 0 amide bonds. The van der Waals surface area contributed by atoms with Crippen LogP contribution < -0.4 is 14.9 Å². The van der Waals surface area contributed by atoms with Crippen LogP contribution in [0.4, 0.5) is 0 Å². The smallest absolute Gasteiger partial charge is 0.493 e. The molecule has 0 atom stereocenters. The van der Waals surface area contributed by atoms with Crippen LogP contribution in [0, 0.1) is 5.41 Å². The zero-order valence-electron chi connectivity index (χ0n) is 20.2. The number of unbranched alkanes of at least 4 members (excludes halogenated alkanes) is 1. The highest BCUT2D eigenvalue weighted by molar-refractivity contribution is 6.61. The Balaban J connectivity index is 1.36. The summed E-state index contributed by atoms with van der Waals surface area (Å²) in [5, 5.41) is 0. The molecule has 2 aromatic rings. The molecule has 1 heterocycles. The Bertz CT molecular complexity index is 914. The molecule has 182 valence electrons. The molecule has 0 aliphatic carbocycles. The Hall–Kier alpha value is -2.84. The van der Waals surface area contributed by atoms with Crippen molar-refractivity contribution in [2.24, 2.45) is 5.41 Å². The van der Waals surface area contributed by atoms with E-state index in [-0.39, 0.29) is 18.5 Å². The Kier molecular flexibility index (Phi) is 9.54. The first-order valence-electron chi connectivity index (χ1n) is 11.7. The van der Waals surface area contributed by atoms with Gasteiger partial charge in [-0.15, -0.1) is 0 Å². The van der Waals surface area contributed by atoms with Crippen LogP contribution in [0.3, 0.4) is 0 Å². The van der Waals surface area contributed by atoms with Gasteiger partial charge in [0.2, 0.25) is 0 Å². The molecule has 0 aromatic heterocycles. The molecule has 1 aliphatic heterocycles. The van der Waals surface area contributed by atoms with Crippen LogP contribution in [-0.4, -0.2) is 45.5 Å². The maximum atomic E-state index is 12.4. The predicted octanol–water partition coefficient (Wildman–Crippen LogP) is 4.18. The number of hydrogen-bond donors (Lipinski definition) is 0. The van der Waals surface area contributed by atoms with Gasteiger partial charge in [0, 0.05) is 13.2 Å². The third-order valence-electron chi connectivity index (χ3n) is 5.03. The number of hydrogen-bond acceptors (Lipinski definition) is 7. The van der Waals surface area contributed by atoms with E-state index in [1.807, 2.05) is 32.9 Å². The molecule has 0 radical (unpaired) electrons. The van der Waals surface area contributed by atoms with Crippen LogP contribution in [0.15, 0.2) is 48.5 Å². The minimum atomic E-state index is -0.443. The van der Waals surface area contributed by atoms with Gasteiger partial charge in [-0.25, -0.2) is 4.79 Å². The molecule has 0 bridgehead atoms. The van der Waals surface area contributed by atoms with E-state index < -0.39 is 5.97 Å². The highest BCUT2D eigenvalue weighted by Crippen LogP contribution is 2.19. The standard InChI is InChI=1S/C26H33BO7/c1-26(2,3)19-24(28)31-16-5-4-15-30-22-11-7-20(8-12-22)25(29)34-23-13-9-21(10-14-23)27-32-17-6-18-33-27/h7-14H,4-6,15-19H2,1-3H3. The number of carbonyl (C=O) groups excluding carboxylic acids is 2. The largest absolute Gasteiger partial charge is 0.494 e. The first kappa shape index (κ1) is 25.8. The van der Waals surface area contributed by atoms with Gasteiger partial charge in [0.1, 0.15) is 11.5 Å². The molecule has 1 aliphatic rings. The van der Waals surface area contributed by atoms with Crippen LogP contribution in [-0.2, 0) is 18.8 Å². The van der Waals surface area contributed by atoms with Gasteiger partial charge in [0.05, 0.1) is 25.2 Å². The second kappa shape index (κ2) is 12.6. The van der Waals surface area contributed by atoms with Crippen molar-refractivity contribution in [2.45, 2.75) is 46.5 Å². The zero-order valence-corrected chi connectivity index (χ0v) is 20.2. The van der Waals surface area contributed by atoms with Gasteiger partial charge in [-0.2, -0.15) is 0 Å². The van der Waals surface area contributed by atoms with Crippen molar-refractivity contribution in [3.63, 3.8) is 0 Å². The summed E-state index contributed by atoms with van der Waals surface area (Å²) in [5.74, 6) is 0.506. The zero-order chi connectivity index (χ0) is 24.4. The van der Waals surface area contributed by atoms with E-state index in [9.17, 15) is 9.59 Å². The molecular formula is C26H33BO7. The van der Waals surface area contributed by atoms with Gasteiger partial charge in [0.25, 0.3) is 0 Å². The summed E-state index contributed by atoms with van der Waals surface area (Å²) in [4.78, 5) is 24.1. The maximum Gasteiger partial charge on any atom is 0.493 e. The summed E-state index contributed by atoms with van der Waals surface area (Å²) in [6, 6.07) is 13.9. The molecule has 3 rings (SSSR count). The summed E-state index contributed by atoms with van der Waals surface area (Å²) < 4.78 is 27.5. The lowest BCUT2D eigenvalue weighted by Gasteiger charge is -2.19. The average molecular weight is 468 g/mol. The van der Waals surface area contributed by atoms with Crippen molar-refractivity contribution in [3.8, 4) is 11.5 Å². The summed E-state index contributed by atoms with van der Waals surface area (Å²) >= 11 is 0. The van der Waals surface area contributed by atoms with Crippen molar-refractivity contribution >= 4 is 24.5 Å². The van der Waals surface area contributed by atoms with Gasteiger partial charge in [-0.05, 0) is 66.5 Å². The molecule has 8 heteroatoms. The average Bonchev–Trinajstić information content (AvgIpc) is 2.81. The Labute approximate surface area is 201 Å². The van der Waals surface area contributed by atoms with Crippen LogP contribution in [0.25, 0.3) is 0 Å². The molecule has 0 spiro atoms. The Morgan fingerprint density at radius 1 is 0.882 bits per heavy atom. The van der Waals surface area contributed by atoms with E-state index in [0.29, 0.717) is 49.9 Å². The SMILES string of the molecule is CC(C)(C)CC(=O)OCCCCOc1ccc(C(=O)Oc2ccc(B3OCCCO3)cc2)cc1. The highest BCUT2D eigenvalue weighted by Gasteiger charge is 2.24. The van der Waals surface area contributed by atoms with Crippen molar-refractivity contribution in [2.75, 3.05) is 26.4 Å². The van der Waals surface area contributed by atoms with Crippen molar-refractivity contribution in [1.29, 1.82) is 0 Å². The molecule has 0 saturated carbocycles. The molecule has 1 fully saturated rings. The van der Waals surface area contributed by atoms with E-state index >= 15 is 0 Å². The van der Waals surface area contributed by atoms with E-state index in [4.69, 9.17) is 23.5 Å². The van der Waals surface area contributed by atoms with Crippen LogP contribution >= 0.6 is 0 Å². The minimum absolute atomic E-state index is 0.0667. The number of rotatable bonds is 10. The highest BCUT2D eigenvalue weighted by atomic mass is 16.6. The molecule has 34 heavy (non-hydrogen) atoms. The first-order valence-corrected chi connectivity index (χ1v) is 11.7. The minimum Gasteiger partial charge on any atom is -0.494 e. The summed E-state index contributed by atoms with van der Waals surface area (Å²) in [7, 11) is -0.366. The second-order valence-electron chi connectivity index (χ2n) is 9.42. The van der Waals surface area contributed by atoms with Gasteiger partial charge in [-0.1, -0.05) is 32.9 Å². The Morgan fingerprint density at radius 3 is 2.15 bits per heavy atom. The molecular weight excluding hydrogens is 435 g/mol. The van der Waals surface area contributed by atoms with E-state index in [0.717, 1.165) is 24.7 Å². The molecule has 7 nitrogen and oxygen atoms in total. The van der Waals surface area contributed by atoms with Crippen molar-refractivity contribution in [3.05, 3.63) is 54.1 Å². The number of esters is 2. The summed E-state index contributed by atoms with van der Waals surface area (Å²) in [6.07, 6.45) is 2.80. The lowest BCUT2D eigenvalue weighted by molar-refractivity contribution is -0.145. The maximum absolute atomic E-state index is 12.4.